The van der Waals surface area contributed by atoms with E-state index in [-0.39, 0.29) is 23.1 Å². The van der Waals surface area contributed by atoms with Gasteiger partial charge in [-0.25, -0.2) is 4.39 Å². The second kappa shape index (κ2) is 9.31. The first-order chi connectivity index (χ1) is 13.9. The van der Waals surface area contributed by atoms with Crippen LogP contribution in [0.25, 0.3) is 6.08 Å². The lowest BCUT2D eigenvalue weighted by Gasteiger charge is -2.17. The number of hydrogen-bond donors (Lipinski definition) is 2. The number of halogens is 2. The standard InChI is InChI=1S/C20H16FIN2O4S/c1-2-27-16-9-12(7-14-18(25)23-20(29)24-19(14)26)8-15(22)17(16)28-10-11-4-3-5-13(21)6-11/h3-9H,2,10H2,1H3,(H2,23,24,25,26,29). The number of amides is 2. The van der Waals surface area contributed by atoms with E-state index in [4.69, 9.17) is 21.7 Å². The normalized spacial score (nSPS) is 13.6. The number of benzene rings is 2. The number of rotatable bonds is 6. The zero-order valence-corrected chi connectivity index (χ0v) is 18.2. The third-order valence-electron chi connectivity index (χ3n) is 3.86. The van der Waals surface area contributed by atoms with Gasteiger partial charge in [0, 0.05) is 0 Å². The first kappa shape index (κ1) is 21.2. The number of thiocarbonyl (C=S) groups is 1. The van der Waals surface area contributed by atoms with E-state index in [0.29, 0.717) is 32.8 Å². The summed E-state index contributed by atoms with van der Waals surface area (Å²) in [4.78, 5) is 24.1. The average molecular weight is 526 g/mol. The maximum Gasteiger partial charge on any atom is 0.263 e. The number of nitrogens with one attached hydrogen (secondary N) is 2. The van der Waals surface area contributed by atoms with E-state index in [0.717, 1.165) is 0 Å². The summed E-state index contributed by atoms with van der Waals surface area (Å²) in [6.07, 6.45) is 1.45. The molecule has 0 atom stereocenters. The van der Waals surface area contributed by atoms with Crippen molar-refractivity contribution in [1.29, 1.82) is 0 Å². The van der Waals surface area contributed by atoms with Gasteiger partial charge in [0.2, 0.25) is 0 Å². The summed E-state index contributed by atoms with van der Waals surface area (Å²) in [5, 5.41) is 4.76. The predicted molar refractivity (Wildman–Crippen MR) is 118 cm³/mol. The lowest BCUT2D eigenvalue weighted by molar-refractivity contribution is -0.123. The van der Waals surface area contributed by atoms with Gasteiger partial charge in [-0.3, -0.25) is 20.2 Å². The van der Waals surface area contributed by atoms with Gasteiger partial charge in [-0.2, -0.15) is 0 Å². The quantitative estimate of drug-likeness (QED) is 0.262. The molecule has 0 spiro atoms. The van der Waals surface area contributed by atoms with Gasteiger partial charge in [0.15, 0.2) is 16.6 Å². The molecule has 0 saturated carbocycles. The topological polar surface area (TPSA) is 76.7 Å². The van der Waals surface area contributed by atoms with Crippen molar-refractivity contribution in [2.24, 2.45) is 0 Å². The van der Waals surface area contributed by atoms with E-state index in [1.54, 1.807) is 24.3 Å². The molecule has 150 valence electrons. The van der Waals surface area contributed by atoms with E-state index in [1.165, 1.54) is 18.2 Å². The third-order valence-corrected chi connectivity index (χ3v) is 4.86. The van der Waals surface area contributed by atoms with Crippen molar-refractivity contribution in [2.45, 2.75) is 13.5 Å². The van der Waals surface area contributed by atoms with Crippen LogP contribution in [0.15, 0.2) is 42.0 Å². The minimum atomic E-state index is -0.571. The minimum absolute atomic E-state index is 0.0252. The molecule has 1 heterocycles. The fourth-order valence-electron chi connectivity index (χ4n) is 2.63. The molecule has 2 aromatic rings. The second-order valence-corrected chi connectivity index (χ2v) is 7.55. The summed E-state index contributed by atoms with van der Waals surface area (Å²) in [5.74, 6) is -0.528. The van der Waals surface area contributed by atoms with Crippen molar-refractivity contribution in [2.75, 3.05) is 6.61 Å². The Balaban J connectivity index is 1.90. The first-order valence-electron chi connectivity index (χ1n) is 8.59. The molecule has 1 fully saturated rings. The van der Waals surface area contributed by atoms with Crippen LogP contribution in [-0.4, -0.2) is 23.5 Å². The predicted octanol–water partition coefficient (Wildman–Crippen LogP) is 3.32. The lowest BCUT2D eigenvalue weighted by Crippen LogP contribution is -2.51. The van der Waals surface area contributed by atoms with Crippen molar-refractivity contribution < 1.29 is 23.5 Å². The van der Waals surface area contributed by atoms with Crippen molar-refractivity contribution in [3.63, 3.8) is 0 Å². The third kappa shape index (κ3) is 5.30. The van der Waals surface area contributed by atoms with E-state index in [1.807, 2.05) is 6.92 Å². The van der Waals surface area contributed by atoms with Crippen LogP contribution in [0.2, 0.25) is 0 Å². The maximum absolute atomic E-state index is 13.4. The molecule has 0 aromatic heterocycles. The SMILES string of the molecule is CCOc1cc(C=C2C(=O)NC(=S)NC2=O)cc(I)c1OCc1cccc(F)c1. The summed E-state index contributed by atoms with van der Waals surface area (Å²) in [5.41, 5.74) is 1.20. The van der Waals surface area contributed by atoms with Crippen LogP contribution in [0.5, 0.6) is 11.5 Å². The highest BCUT2D eigenvalue weighted by atomic mass is 127. The summed E-state index contributed by atoms with van der Waals surface area (Å²) >= 11 is 6.87. The average Bonchev–Trinajstić information content (AvgIpc) is 2.64. The molecule has 6 nitrogen and oxygen atoms in total. The Labute approximate surface area is 185 Å². The molecule has 9 heteroatoms. The zero-order chi connectivity index (χ0) is 21.0. The van der Waals surface area contributed by atoms with Gasteiger partial charge in [0.1, 0.15) is 18.0 Å². The van der Waals surface area contributed by atoms with Crippen LogP contribution >= 0.6 is 34.8 Å². The highest BCUT2D eigenvalue weighted by Crippen LogP contribution is 2.35. The van der Waals surface area contributed by atoms with Gasteiger partial charge >= 0.3 is 0 Å². The zero-order valence-electron chi connectivity index (χ0n) is 15.3. The van der Waals surface area contributed by atoms with Crippen molar-refractivity contribution in [3.8, 4) is 11.5 Å². The Morgan fingerprint density at radius 1 is 1.14 bits per heavy atom. The summed E-state index contributed by atoms with van der Waals surface area (Å²) < 4.78 is 25.6. The fourth-order valence-corrected chi connectivity index (χ4v) is 3.60. The van der Waals surface area contributed by atoms with Crippen molar-refractivity contribution in [1.82, 2.24) is 10.6 Å². The molecule has 29 heavy (non-hydrogen) atoms. The molecule has 2 aromatic carbocycles. The molecule has 1 saturated heterocycles. The molecule has 3 rings (SSSR count). The first-order valence-corrected chi connectivity index (χ1v) is 10.1. The number of carbonyl (C=O) groups excluding carboxylic acids is 2. The van der Waals surface area contributed by atoms with Crippen LogP contribution in [0.4, 0.5) is 4.39 Å². The van der Waals surface area contributed by atoms with Gasteiger partial charge in [-0.1, -0.05) is 12.1 Å². The van der Waals surface area contributed by atoms with Crippen LogP contribution < -0.4 is 20.1 Å². The Morgan fingerprint density at radius 2 is 1.86 bits per heavy atom. The molecule has 1 aliphatic heterocycles. The van der Waals surface area contributed by atoms with Gasteiger partial charge in [0.05, 0.1) is 10.2 Å². The molecule has 0 unspecified atom stereocenters. The molecular formula is C20H16FIN2O4S. The second-order valence-electron chi connectivity index (χ2n) is 5.98. The minimum Gasteiger partial charge on any atom is -0.490 e. The van der Waals surface area contributed by atoms with E-state index in [2.05, 4.69) is 33.2 Å². The number of carbonyl (C=O) groups is 2. The van der Waals surface area contributed by atoms with Crippen molar-refractivity contribution in [3.05, 3.63) is 62.5 Å². The van der Waals surface area contributed by atoms with E-state index >= 15 is 0 Å². The van der Waals surface area contributed by atoms with Crippen molar-refractivity contribution >= 4 is 57.8 Å². The maximum atomic E-state index is 13.4. The van der Waals surface area contributed by atoms with Gasteiger partial charge in [-0.05, 0) is 83.2 Å². The molecule has 1 aliphatic rings. The molecule has 0 aliphatic carbocycles. The largest absolute Gasteiger partial charge is 0.490 e. The highest BCUT2D eigenvalue weighted by Gasteiger charge is 2.26. The number of ether oxygens (including phenoxy) is 2. The Hall–Kier alpha value is -2.53. The lowest BCUT2D eigenvalue weighted by atomic mass is 10.1. The Kier molecular flexibility index (Phi) is 6.80. The molecule has 2 N–H and O–H groups in total. The van der Waals surface area contributed by atoms with Gasteiger partial charge in [-0.15, -0.1) is 0 Å². The highest BCUT2D eigenvalue weighted by molar-refractivity contribution is 14.1. The van der Waals surface area contributed by atoms with E-state index < -0.39 is 11.8 Å². The monoisotopic (exact) mass is 526 g/mol. The van der Waals surface area contributed by atoms with Gasteiger partial charge in [0.25, 0.3) is 11.8 Å². The molecule has 0 bridgehead atoms. The van der Waals surface area contributed by atoms with Crippen LogP contribution in [0.1, 0.15) is 18.1 Å². The molecular weight excluding hydrogens is 510 g/mol. The van der Waals surface area contributed by atoms with Crippen LogP contribution in [-0.2, 0) is 16.2 Å². The van der Waals surface area contributed by atoms with E-state index in [9.17, 15) is 14.0 Å². The number of hydrogen-bond acceptors (Lipinski definition) is 5. The summed E-state index contributed by atoms with van der Waals surface area (Å²) in [7, 11) is 0. The summed E-state index contributed by atoms with van der Waals surface area (Å²) in [6.45, 7) is 2.38. The van der Waals surface area contributed by atoms with Gasteiger partial charge < -0.3 is 9.47 Å². The smallest absolute Gasteiger partial charge is 0.263 e. The fraction of sp³-hybridized carbons (Fsp3) is 0.150. The van der Waals surface area contributed by atoms with Crippen LogP contribution in [0, 0.1) is 9.39 Å². The Morgan fingerprint density at radius 3 is 2.52 bits per heavy atom. The molecule has 2 amide bonds. The summed E-state index contributed by atoms with van der Waals surface area (Å²) in [6, 6.07) is 9.57. The Bertz CT molecular complexity index is 1000. The van der Waals surface area contributed by atoms with Crippen LogP contribution in [0.3, 0.4) is 0 Å². The molecule has 0 radical (unpaired) electrons.